The van der Waals surface area contributed by atoms with Gasteiger partial charge in [0.15, 0.2) is 18.1 Å². The number of ether oxygens (including phenoxy) is 2. The summed E-state index contributed by atoms with van der Waals surface area (Å²) in [7, 11) is 1.48. The number of rotatable bonds is 7. The Balaban J connectivity index is 1.29. The molecule has 2 aliphatic rings. The van der Waals surface area contributed by atoms with Gasteiger partial charge in [-0.15, -0.1) is 0 Å². The third-order valence-electron chi connectivity index (χ3n) is 7.15. The minimum atomic E-state index is -0.756. The molecule has 214 valence electrons. The normalized spacial score (nSPS) is 19.3. The Labute approximate surface area is 253 Å². The van der Waals surface area contributed by atoms with Gasteiger partial charge in [-0.1, -0.05) is 58.5 Å². The first kappa shape index (κ1) is 28.1. The molecule has 12 heteroatoms. The third kappa shape index (κ3) is 5.19. The molecule has 6 rings (SSSR count). The van der Waals surface area contributed by atoms with Crippen LogP contribution >= 0.6 is 34.7 Å². The average molecular weight is 622 g/mol. The Morgan fingerprint density at radius 3 is 2.45 bits per heavy atom. The Morgan fingerprint density at radius 1 is 1.00 bits per heavy atom. The molecule has 3 atom stereocenters. The van der Waals surface area contributed by atoms with Crippen LogP contribution in [0.4, 0.5) is 11.4 Å². The lowest BCUT2D eigenvalue weighted by Gasteiger charge is -2.30. The topological polar surface area (TPSA) is 118 Å². The number of aromatic amines is 1. The van der Waals surface area contributed by atoms with Crippen LogP contribution in [-0.2, 0) is 14.4 Å². The molecular weight excluding hydrogens is 598 g/mol. The van der Waals surface area contributed by atoms with Gasteiger partial charge in [-0.05, 0) is 61.0 Å². The number of fused-ring (bicyclic) bond motifs is 2. The molecule has 3 amide bonds. The molecule has 2 N–H and O–H groups in total. The summed E-state index contributed by atoms with van der Waals surface area (Å²) in [4.78, 5) is 56.8. The number of hydrogen-bond donors (Lipinski definition) is 2. The van der Waals surface area contributed by atoms with Crippen molar-refractivity contribution in [2.45, 2.75) is 23.1 Å². The van der Waals surface area contributed by atoms with E-state index in [2.05, 4.69) is 10.3 Å². The van der Waals surface area contributed by atoms with Gasteiger partial charge >= 0.3 is 4.87 Å². The van der Waals surface area contributed by atoms with Crippen molar-refractivity contribution in [1.82, 2.24) is 4.98 Å². The van der Waals surface area contributed by atoms with E-state index in [9.17, 15) is 19.2 Å². The smallest absolute Gasteiger partial charge is 0.305 e. The fraction of sp³-hybridized carbons (Fsp3) is 0.200. The molecule has 0 saturated carbocycles. The second-order valence-electron chi connectivity index (χ2n) is 9.85. The highest BCUT2D eigenvalue weighted by Gasteiger charge is 2.56. The van der Waals surface area contributed by atoms with Crippen LogP contribution in [0.15, 0.2) is 76.6 Å². The van der Waals surface area contributed by atoms with Crippen LogP contribution in [0.25, 0.3) is 0 Å². The molecule has 9 nitrogen and oxygen atoms in total. The summed E-state index contributed by atoms with van der Waals surface area (Å²) in [5.41, 5.74) is 2.85. The van der Waals surface area contributed by atoms with Crippen LogP contribution < -0.4 is 24.6 Å². The number of methoxy groups -OCH3 is 1. The molecule has 0 spiro atoms. The number of H-pyrrole nitrogens is 1. The maximum atomic E-state index is 13.9. The summed E-state index contributed by atoms with van der Waals surface area (Å²) >= 11 is 8.25. The van der Waals surface area contributed by atoms with Crippen molar-refractivity contribution in [2.24, 2.45) is 5.92 Å². The molecule has 2 aliphatic heterocycles. The van der Waals surface area contributed by atoms with Gasteiger partial charge in [-0.2, -0.15) is 0 Å². The van der Waals surface area contributed by atoms with Crippen molar-refractivity contribution in [1.29, 1.82) is 0 Å². The predicted molar refractivity (Wildman–Crippen MR) is 162 cm³/mol. The van der Waals surface area contributed by atoms with Crippen molar-refractivity contribution in [3.05, 3.63) is 97.4 Å². The van der Waals surface area contributed by atoms with Crippen molar-refractivity contribution in [3.63, 3.8) is 0 Å². The number of aryl methyl sites for hydroxylation is 1. The highest BCUT2D eigenvalue weighted by atomic mass is 35.5. The number of halogens is 1. The molecule has 1 fully saturated rings. The highest BCUT2D eigenvalue weighted by Crippen LogP contribution is 2.53. The molecule has 42 heavy (non-hydrogen) atoms. The lowest BCUT2D eigenvalue weighted by Crippen LogP contribution is -2.32. The first-order chi connectivity index (χ1) is 20.2. The van der Waals surface area contributed by atoms with Gasteiger partial charge in [-0.3, -0.25) is 19.2 Å². The molecular formula is C30H24ClN3O6S2. The molecule has 0 aliphatic carbocycles. The standard InChI is InChI=1S/C30H24ClN3O6S2/c1-15-3-8-18(9-4-15)32-22(35)14-40-20-12-5-16(13-21(20)39-2)23-24-26(41-27-25(23)42-30(38)33-27)29(37)34(28(24)36)19-10-6-17(31)7-11-19/h3-13,23-24,26H,14H2,1-2H3,(H,32,35)(H,33,38)/t23-,24-,26+/m0/s1. The van der Waals surface area contributed by atoms with E-state index in [1.54, 1.807) is 42.5 Å². The second-order valence-corrected chi connectivity index (χ2v) is 12.5. The number of anilines is 2. The van der Waals surface area contributed by atoms with Crippen LogP contribution in [0, 0.1) is 12.8 Å². The largest absolute Gasteiger partial charge is 0.493 e. The number of nitrogens with zero attached hydrogens (tertiary/aromatic N) is 1. The van der Waals surface area contributed by atoms with Gasteiger partial charge in [0.05, 0.1) is 23.7 Å². The minimum Gasteiger partial charge on any atom is -0.493 e. The van der Waals surface area contributed by atoms with E-state index in [4.69, 9.17) is 21.1 Å². The molecule has 0 radical (unpaired) electrons. The van der Waals surface area contributed by atoms with Gasteiger partial charge < -0.3 is 19.8 Å². The van der Waals surface area contributed by atoms with E-state index in [0.717, 1.165) is 16.9 Å². The SMILES string of the molecule is COc1cc([C@@H]2c3sc(=O)[nH]c3S[C@H]3C(=O)N(c4ccc(Cl)cc4)C(=O)[C@@H]23)ccc1OCC(=O)Nc1ccc(C)cc1. The summed E-state index contributed by atoms with van der Waals surface area (Å²) in [5.74, 6) is -1.71. The van der Waals surface area contributed by atoms with Crippen LogP contribution in [-0.4, -0.2) is 41.7 Å². The molecule has 1 aromatic heterocycles. The summed E-state index contributed by atoms with van der Waals surface area (Å²) in [6.45, 7) is 1.71. The monoisotopic (exact) mass is 621 g/mol. The summed E-state index contributed by atoms with van der Waals surface area (Å²) in [6.07, 6.45) is 0. The quantitative estimate of drug-likeness (QED) is 0.272. The maximum Gasteiger partial charge on any atom is 0.305 e. The predicted octanol–water partition coefficient (Wildman–Crippen LogP) is 5.22. The molecule has 4 aromatic rings. The van der Waals surface area contributed by atoms with Gasteiger partial charge in [0.1, 0.15) is 5.25 Å². The number of carbonyl (C=O) groups is 3. The van der Waals surface area contributed by atoms with Crippen LogP contribution in [0.2, 0.25) is 5.02 Å². The maximum absolute atomic E-state index is 13.9. The Bertz CT molecular complexity index is 1750. The van der Waals surface area contributed by atoms with E-state index in [1.165, 1.54) is 23.8 Å². The second kappa shape index (κ2) is 11.3. The number of hydrogen-bond acceptors (Lipinski definition) is 8. The number of aromatic nitrogens is 1. The van der Waals surface area contributed by atoms with Crippen molar-refractivity contribution >= 4 is 63.8 Å². The molecule has 3 heterocycles. The number of benzene rings is 3. The number of imide groups is 1. The van der Waals surface area contributed by atoms with Gasteiger partial charge in [0.25, 0.3) is 5.91 Å². The van der Waals surface area contributed by atoms with Crippen molar-refractivity contribution < 1.29 is 23.9 Å². The molecule has 0 unspecified atom stereocenters. The van der Waals surface area contributed by atoms with E-state index < -0.39 is 17.1 Å². The fourth-order valence-electron chi connectivity index (χ4n) is 5.19. The van der Waals surface area contributed by atoms with E-state index in [-0.39, 0.29) is 29.2 Å². The highest BCUT2D eigenvalue weighted by molar-refractivity contribution is 8.00. The summed E-state index contributed by atoms with van der Waals surface area (Å²) < 4.78 is 11.4. The first-order valence-corrected chi connectivity index (χ1v) is 15.0. The summed E-state index contributed by atoms with van der Waals surface area (Å²) in [5, 5.41) is 3.12. The lowest BCUT2D eigenvalue weighted by atomic mass is 9.83. The number of thiazole rings is 1. The number of thioether (sulfide) groups is 1. The zero-order valence-corrected chi connectivity index (χ0v) is 24.8. The third-order valence-corrected chi connectivity index (χ3v) is 9.80. The van der Waals surface area contributed by atoms with Gasteiger partial charge in [0.2, 0.25) is 11.8 Å². The zero-order valence-electron chi connectivity index (χ0n) is 22.4. The number of amides is 3. The Morgan fingerprint density at radius 2 is 1.74 bits per heavy atom. The molecule has 1 saturated heterocycles. The van der Waals surface area contributed by atoms with Crippen LogP contribution in [0.5, 0.6) is 11.5 Å². The molecule has 3 aromatic carbocycles. The van der Waals surface area contributed by atoms with Gasteiger partial charge in [-0.25, -0.2) is 4.90 Å². The fourth-order valence-corrected chi connectivity index (χ4v) is 7.84. The first-order valence-electron chi connectivity index (χ1n) is 12.9. The average Bonchev–Trinajstić information content (AvgIpc) is 3.47. The van der Waals surface area contributed by atoms with E-state index >= 15 is 0 Å². The van der Waals surface area contributed by atoms with E-state index in [0.29, 0.717) is 43.4 Å². The Kier molecular flexibility index (Phi) is 7.56. The van der Waals surface area contributed by atoms with Crippen LogP contribution in [0.3, 0.4) is 0 Å². The van der Waals surface area contributed by atoms with Crippen molar-refractivity contribution in [3.8, 4) is 11.5 Å². The number of carbonyl (C=O) groups excluding carboxylic acids is 3. The molecule has 0 bridgehead atoms. The van der Waals surface area contributed by atoms with E-state index in [1.807, 2.05) is 31.2 Å². The zero-order chi connectivity index (χ0) is 29.5. The lowest BCUT2D eigenvalue weighted by molar-refractivity contribution is -0.122. The van der Waals surface area contributed by atoms with Gasteiger partial charge in [0, 0.05) is 21.5 Å². The van der Waals surface area contributed by atoms with Crippen LogP contribution in [0.1, 0.15) is 21.9 Å². The minimum absolute atomic E-state index is 0.249. The van der Waals surface area contributed by atoms with Crippen molar-refractivity contribution in [2.75, 3.05) is 23.9 Å². The summed E-state index contributed by atoms with van der Waals surface area (Å²) in [6, 6.07) is 19.1. The number of nitrogens with one attached hydrogen (secondary N) is 2. The Hall–Kier alpha value is -4.06.